The number of nitrogens with one attached hydrogen (secondary N) is 2. The summed E-state index contributed by atoms with van der Waals surface area (Å²) >= 11 is 0. The maximum atomic E-state index is 13.1. The van der Waals surface area contributed by atoms with Crippen molar-refractivity contribution in [1.82, 2.24) is 24.3 Å². The van der Waals surface area contributed by atoms with E-state index in [4.69, 9.17) is 4.74 Å². The molecule has 2 atom stereocenters. The molecule has 2 amide bonds. The summed E-state index contributed by atoms with van der Waals surface area (Å²) in [6, 6.07) is 8.10. The van der Waals surface area contributed by atoms with Crippen molar-refractivity contribution in [3.63, 3.8) is 0 Å². The van der Waals surface area contributed by atoms with E-state index in [2.05, 4.69) is 20.8 Å². The van der Waals surface area contributed by atoms with E-state index in [1.54, 1.807) is 56.0 Å². The van der Waals surface area contributed by atoms with Crippen LogP contribution < -0.4 is 10.9 Å². The standard InChI is InChI=1S/C25H32N6O5S/c1-6-17-14-30(24(33)36-25(3,4)5)15-19(17)23(32)29-28-21-13-26-22-20(27-21)11-12-31(22)37(34,35)18-9-7-16(2)8-10-18/h7-13,17,19H,6,14-15H2,1-5H3,(H,27,28)(H,29,32). The molecule has 11 nitrogen and oxygen atoms in total. The van der Waals surface area contributed by atoms with Gasteiger partial charge in [-0.25, -0.2) is 27.2 Å². The lowest BCUT2D eigenvalue weighted by Gasteiger charge is -2.24. The van der Waals surface area contributed by atoms with Gasteiger partial charge < -0.3 is 9.64 Å². The summed E-state index contributed by atoms with van der Waals surface area (Å²) in [5.74, 6) is -0.452. The summed E-state index contributed by atoms with van der Waals surface area (Å²) in [7, 11) is -3.84. The predicted molar refractivity (Wildman–Crippen MR) is 138 cm³/mol. The van der Waals surface area contributed by atoms with Crippen molar-refractivity contribution >= 4 is 39.0 Å². The van der Waals surface area contributed by atoms with Gasteiger partial charge in [-0.05, 0) is 51.8 Å². The third-order valence-electron chi connectivity index (χ3n) is 6.20. The number of carbonyl (C=O) groups excluding carboxylic acids is 2. The summed E-state index contributed by atoms with van der Waals surface area (Å²) < 4.78 is 32.7. The maximum absolute atomic E-state index is 13.1. The first-order chi connectivity index (χ1) is 17.4. The molecule has 0 spiro atoms. The Kier molecular flexibility index (Phi) is 7.13. The van der Waals surface area contributed by atoms with Crippen molar-refractivity contribution in [3.8, 4) is 0 Å². The lowest BCUT2D eigenvalue weighted by molar-refractivity contribution is -0.125. The largest absolute Gasteiger partial charge is 0.444 e. The van der Waals surface area contributed by atoms with E-state index in [-0.39, 0.29) is 34.7 Å². The molecule has 1 aliphatic rings. The van der Waals surface area contributed by atoms with E-state index in [1.165, 1.54) is 12.4 Å². The van der Waals surface area contributed by atoms with E-state index in [9.17, 15) is 18.0 Å². The van der Waals surface area contributed by atoms with E-state index < -0.39 is 27.6 Å². The second kappa shape index (κ2) is 10.0. The van der Waals surface area contributed by atoms with Gasteiger partial charge in [0.15, 0.2) is 11.5 Å². The molecular weight excluding hydrogens is 496 g/mol. The van der Waals surface area contributed by atoms with Gasteiger partial charge in [-0.3, -0.25) is 15.6 Å². The molecule has 0 radical (unpaired) electrons. The smallest absolute Gasteiger partial charge is 0.410 e. The Morgan fingerprint density at radius 3 is 2.49 bits per heavy atom. The molecule has 1 saturated heterocycles. The number of hydrogen-bond acceptors (Lipinski definition) is 8. The van der Waals surface area contributed by atoms with Crippen molar-refractivity contribution in [2.45, 2.75) is 51.5 Å². The lowest BCUT2D eigenvalue weighted by Crippen LogP contribution is -2.39. The second-order valence-corrected chi connectivity index (χ2v) is 12.0. The number of benzene rings is 1. The third kappa shape index (κ3) is 5.68. The maximum Gasteiger partial charge on any atom is 0.410 e. The summed E-state index contributed by atoms with van der Waals surface area (Å²) in [4.78, 5) is 35.8. The van der Waals surface area contributed by atoms with Crippen molar-refractivity contribution < 1.29 is 22.7 Å². The molecule has 1 fully saturated rings. The van der Waals surface area contributed by atoms with Crippen LogP contribution in [0.25, 0.3) is 11.2 Å². The van der Waals surface area contributed by atoms with Gasteiger partial charge >= 0.3 is 6.09 Å². The van der Waals surface area contributed by atoms with Gasteiger partial charge in [-0.1, -0.05) is 31.0 Å². The van der Waals surface area contributed by atoms with E-state index >= 15 is 0 Å². The van der Waals surface area contributed by atoms with Gasteiger partial charge in [0, 0.05) is 19.3 Å². The molecule has 2 N–H and O–H groups in total. The molecule has 2 aromatic heterocycles. The Morgan fingerprint density at radius 2 is 1.84 bits per heavy atom. The highest BCUT2D eigenvalue weighted by atomic mass is 32.2. The molecule has 37 heavy (non-hydrogen) atoms. The molecule has 1 aromatic carbocycles. The number of likely N-dealkylation sites (tertiary alicyclic amines) is 1. The highest BCUT2D eigenvalue weighted by Gasteiger charge is 2.40. The van der Waals surface area contributed by atoms with Crippen LogP contribution in [0.15, 0.2) is 47.6 Å². The van der Waals surface area contributed by atoms with Crippen molar-refractivity contribution in [3.05, 3.63) is 48.3 Å². The van der Waals surface area contributed by atoms with Gasteiger partial charge in [-0.2, -0.15) is 0 Å². The highest BCUT2D eigenvalue weighted by molar-refractivity contribution is 7.90. The van der Waals surface area contributed by atoms with Crippen LogP contribution in [0.1, 0.15) is 39.7 Å². The number of amides is 2. The van der Waals surface area contributed by atoms with Gasteiger partial charge in [-0.15, -0.1) is 0 Å². The van der Waals surface area contributed by atoms with Crippen molar-refractivity contribution in [2.75, 3.05) is 18.5 Å². The molecule has 0 bridgehead atoms. The normalized spacial score (nSPS) is 18.1. The zero-order valence-corrected chi connectivity index (χ0v) is 22.4. The number of hydrazine groups is 1. The van der Waals surface area contributed by atoms with Gasteiger partial charge in [0.2, 0.25) is 5.91 Å². The van der Waals surface area contributed by atoms with Gasteiger partial charge in [0.25, 0.3) is 10.0 Å². The third-order valence-corrected chi connectivity index (χ3v) is 7.88. The Morgan fingerprint density at radius 1 is 1.14 bits per heavy atom. The van der Waals surface area contributed by atoms with E-state index in [0.29, 0.717) is 12.1 Å². The zero-order chi connectivity index (χ0) is 27.0. The molecule has 0 aliphatic carbocycles. The zero-order valence-electron chi connectivity index (χ0n) is 21.6. The summed E-state index contributed by atoms with van der Waals surface area (Å²) in [5, 5.41) is 0. The fourth-order valence-electron chi connectivity index (χ4n) is 4.24. The Bertz CT molecular complexity index is 1410. The first-order valence-corrected chi connectivity index (χ1v) is 13.5. The molecule has 4 rings (SSSR count). The first kappa shape index (κ1) is 26.4. The van der Waals surface area contributed by atoms with Crippen LogP contribution in [0.2, 0.25) is 0 Å². The number of anilines is 1. The van der Waals surface area contributed by atoms with Crippen LogP contribution in [0.4, 0.5) is 10.6 Å². The van der Waals surface area contributed by atoms with E-state index in [1.807, 2.05) is 13.8 Å². The number of aromatic nitrogens is 3. The number of fused-ring (bicyclic) bond motifs is 1. The Hall–Kier alpha value is -3.67. The highest BCUT2D eigenvalue weighted by Crippen LogP contribution is 2.28. The fraction of sp³-hybridized carbons (Fsp3) is 0.440. The molecule has 2 unspecified atom stereocenters. The molecule has 12 heteroatoms. The van der Waals surface area contributed by atoms with Crippen LogP contribution >= 0.6 is 0 Å². The minimum absolute atomic E-state index is 0.0103. The first-order valence-electron chi connectivity index (χ1n) is 12.1. The molecule has 0 saturated carbocycles. The lowest BCUT2D eigenvalue weighted by atomic mass is 9.93. The number of ether oxygens (including phenoxy) is 1. The summed E-state index contributed by atoms with van der Waals surface area (Å²) in [5.41, 5.74) is 6.27. The SMILES string of the molecule is CCC1CN(C(=O)OC(C)(C)C)CC1C(=O)NNc1cnc2c(ccn2S(=O)(=O)c2ccc(C)cc2)n1. The number of aryl methyl sites for hydroxylation is 1. The van der Waals surface area contributed by atoms with Crippen LogP contribution in [0, 0.1) is 18.8 Å². The predicted octanol–water partition coefficient (Wildman–Crippen LogP) is 3.31. The average Bonchev–Trinajstić information content (AvgIpc) is 3.46. The van der Waals surface area contributed by atoms with Gasteiger partial charge in [0.05, 0.1) is 17.0 Å². The molecule has 198 valence electrons. The van der Waals surface area contributed by atoms with E-state index in [0.717, 1.165) is 16.0 Å². The number of rotatable bonds is 6. The minimum atomic E-state index is -3.84. The molecule has 3 heterocycles. The monoisotopic (exact) mass is 528 g/mol. The summed E-state index contributed by atoms with van der Waals surface area (Å²) in [6.45, 7) is 9.96. The molecule has 3 aromatic rings. The van der Waals surface area contributed by atoms with Crippen LogP contribution in [-0.2, 0) is 19.6 Å². The summed E-state index contributed by atoms with van der Waals surface area (Å²) in [6.07, 6.45) is 3.04. The number of carbonyl (C=O) groups is 2. The van der Waals surface area contributed by atoms with Crippen LogP contribution in [0.3, 0.4) is 0 Å². The minimum Gasteiger partial charge on any atom is -0.444 e. The van der Waals surface area contributed by atoms with Crippen LogP contribution in [0.5, 0.6) is 0 Å². The van der Waals surface area contributed by atoms with Crippen LogP contribution in [-0.4, -0.2) is 57.9 Å². The molecule has 1 aliphatic heterocycles. The molecular formula is C25H32N6O5S. The fourth-order valence-corrected chi connectivity index (χ4v) is 5.54. The average molecular weight is 529 g/mol. The topological polar surface area (TPSA) is 136 Å². The Labute approximate surface area is 216 Å². The van der Waals surface area contributed by atoms with Crippen molar-refractivity contribution in [2.24, 2.45) is 11.8 Å². The number of nitrogens with zero attached hydrogens (tertiary/aromatic N) is 4. The number of hydrogen-bond donors (Lipinski definition) is 2. The second-order valence-electron chi connectivity index (χ2n) is 10.2. The Balaban J connectivity index is 1.44. The van der Waals surface area contributed by atoms with Gasteiger partial charge in [0.1, 0.15) is 11.1 Å². The quantitative estimate of drug-likeness (QED) is 0.465. The van der Waals surface area contributed by atoms with Crippen molar-refractivity contribution in [1.29, 1.82) is 0 Å².